The van der Waals surface area contributed by atoms with Gasteiger partial charge >= 0.3 is 5.97 Å². The Morgan fingerprint density at radius 1 is 1.17 bits per heavy atom. The summed E-state index contributed by atoms with van der Waals surface area (Å²) < 4.78 is 10.7. The predicted molar refractivity (Wildman–Crippen MR) is 91.6 cm³/mol. The lowest BCUT2D eigenvalue weighted by molar-refractivity contribution is 0.0522. The fourth-order valence-electron chi connectivity index (χ4n) is 1.85. The van der Waals surface area contributed by atoms with E-state index < -0.39 is 0 Å². The van der Waals surface area contributed by atoms with Gasteiger partial charge < -0.3 is 9.15 Å². The van der Waals surface area contributed by atoms with E-state index in [-0.39, 0.29) is 5.97 Å². The highest BCUT2D eigenvalue weighted by Gasteiger charge is 2.15. The smallest absolute Gasteiger partial charge is 0.339 e. The van der Waals surface area contributed by atoms with Gasteiger partial charge in [0.2, 0.25) is 5.89 Å². The van der Waals surface area contributed by atoms with Gasteiger partial charge in [-0.3, -0.25) is 4.98 Å². The van der Waals surface area contributed by atoms with E-state index in [0.29, 0.717) is 23.3 Å². The molecule has 3 aromatic rings. The standard InChI is InChI=1S/C16H13N3O3S2/c1-2-21-15(20)12-7-3-4-8-13(12)23-24-16-19-18-14(22-16)11-6-5-9-17-10-11/h3-10H,2H2,1H3. The zero-order valence-electron chi connectivity index (χ0n) is 12.7. The van der Waals surface area contributed by atoms with Crippen LogP contribution >= 0.6 is 21.6 Å². The number of pyridine rings is 1. The minimum atomic E-state index is -0.345. The Morgan fingerprint density at radius 2 is 2.04 bits per heavy atom. The number of benzene rings is 1. The normalized spacial score (nSPS) is 10.5. The van der Waals surface area contributed by atoms with Crippen LogP contribution in [-0.4, -0.2) is 27.8 Å². The Balaban J connectivity index is 1.71. The van der Waals surface area contributed by atoms with Crippen molar-refractivity contribution in [1.29, 1.82) is 0 Å². The quantitative estimate of drug-likeness (QED) is 0.481. The van der Waals surface area contributed by atoms with E-state index in [1.807, 2.05) is 18.2 Å². The second-order valence-corrected chi connectivity index (χ2v) is 6.62. The SMILES string of the molecule is CCOC(=O)c1ccccc1SSc1nnc(-c2cccnc2)o1. The highest BCUT2D eigenvalue weighted by molar-refractivity contribution is 8.76. The van der Waals surface area contributed by atoms with Crippen LogP contribution in [0.15, 0.2) is 63.3 Å². The van der Waals surface area contributed by atoms with Crippen molar-refractivity contribution in [1.82, 2.24) is 15.2 Å². The molecule has 6 nitrogen and oxygen atoms in total. The van der Waals surface area contributed by atoms with Crippen LogP contribution in [-0.2, 0) is 4.74 Å². The minimum Gasteiger partial charge on any atom is -0.462 e. The van der Waals surface area contributed by atoms with Gasteiger partial charge in [-0.05, 0) is 42.0 Å². The summed E-state index contributed by atoms with van der Waals surface area (Å²) in [5.41, 5.74) is 1.28. The molecule has 0 aliphatic rings. The Hall–Kier alpha value is -2.32. The highest BCUT2D eigenvalue weighted by atomic mass is 33.1. The van der Waals surface area contributed by atoms with E-state index in [0.717, 1.165) is 10.5 Å². The first-order valence-electron chi connectivity index (χ1n) is 7.12. The molecule has 0 N–H and O–H groups in total. The van der Waals surface area contributed by atoms with Crippen LogP contribution < -0.4 is 0 Å². The number of carbonyl (C=O) groups is 1. The van der Waals surface area contributed by atoms with Crippen molar-refractivity contribution in [2.24, 2.45) is 0 Å². The number of ether oxygens (including phenoxy) is 1. The molecule has 0 bridgehead atoms. The topological polar surface area (TPSA) is 78.1 Å². The first kappa shape index (κ1) is 16.5. The van der Waals surface area contributed by atoms with Gasteiger partial charge in [0.25, 0.3) is 5.22 Å². The molecule has 0 atom stereocenters. The third-order valence-corrected chi connectivity index (χ3v) is 5.04. The van der Waals surface area contributed by atoms with E-state index in [4.69, 9.17) is 9.15 Å². The lowest BCUT2D eigenvalue weighted by Gasteiger charge is -2.06. The minimum absolute atomic E-state index is 0.336. The zero-order chi connectivity index (χ0) is 16.8. The number of hydrogen-bond donors (Lipinski definition) is 0. The highest BCUT2D eigenvalue weighted by Crippen LogP contribution is 2.39. The van der Waals surface area contributed by atoms with Gasteiger partial charge in [0.15, 0.2) is 0 Å². The Bertz CT molecular complexity index is 824. The second-order valence-electron chi connectivity index (χ2n) is 4.50. The van der Waals surface area contributed by atoms with E-state index in [2.05, 4.69) is 15.2 Å². The maximum Gasteiger partial charge on any atom is 0.339 e. The van der Waals surface area contributed by atoms with Crippen LogP contribution in [0.2, 0.25) is 0 Å². The van der Waals surface area contributed by atoms with Crippen LogP contribution in [0.4, 0.5) is 0 Å². The van der Waals surface area contributed by atoms with Crippen LogP contribution in [0.5, 0.6) is 0 Å². The van der Waals surface area contributed by atoms with Gasteiger partial charge in [0.05, 0.1) is 17.7 Å². The molecule has 122 valence electrons. The second kappa shape index (κ2) is 7.98. The van der Waals surface area contributed by atoms with Gasteiger partial charge in [-0.15, -0.1) is 5.10 Å². The molecule has 1 aromatic carbocycles. The van der Waals surface area contributed by atoms with Crippen LogP contribution in [0.3, 0.4) is 0 Å². The summed E-state index contributed by atoms with van der Waals surface area (Å²) in [5.74, 6) is 0.0626. The molecule has 2 aromatic heterocycles. The molecule has 0 saturated heterocycles. The number of hydrogen-bond acceptors (Lipinski definition) is 8. The summed E-state index contributed by atoms with van der Waals surface area (Å²) in [4.78, 5) is 16.8. The average molecular weight is 359 g/mol. The predicted octanol–water partition coefficient (Wildman–Crippen LogP) is 4.11. The summed E-state index contributed by atoms with van der Waals surface area (Å²) in [5, 5.41) is 8.40. The Labute approximate surface area is 146 Å². The van der Waals surface area contributed by atoms with Gasteiger partial charge in [0.1, 0.15) is 0 Å². The first-order chi connectivity index (χ1) is 11.8. The molecule has 3 rings (SSSR count). The van der Waals surface area contributed by atoms with Crippen molar-refractivity contribution in [3.05, 3.63) is 54.4 Å². The number of nitrogens with zero attached hydrogens (tertiary/aromatic N) is 3. The summed E-state index contributed by atoms with van der Waals surface area (Å²) in [7, 11) is 2.65. The number of aromatic nitrogens is 3. The van der Waals surface area contributed by atoms with E-state index in [9.17, 15) is 4.79 Å². The zero-order valence-corrected chi connectivity index (χ0v) is 14.3. The molecule has 0 spiro atoms. The van der Waals surface area contributed by atoms with Crippen LogP contribution in [0, 0.1) is 0 Å². The van der Waals surface area contributed by atoms with Gasteiger partial charge in [-0.1, -0.05) is 17.2 Å². The maximum atomic E-state index is 12.0. The van der Waals surface area contributed by atoms with Gasteiger partial charge in [-0.25, -0.2) is 4.79 Å². The van der Waals surface area contributed by atoms with Crippen molar-refractivity contribution in [3.8, 4) is 11.5 Å². The van der Waals surface area contributed by atoms with E-state index in [1.54, 1.807) is 37.5 Å². The molecule has 0 unspecified atom stereocenters. The van der Waals surface area contributed by atoms with E-state index in [1.165, 1.54) is 21.6 Å². The van der Waals surface area contributed by atoms with Crippen molar-refractivity contribution < 1.29 is 13.9 Å². The monoisotopic (exact) mass is 359 g/mol. The van der Waals surface area contributed by atoms with E-state index >= 15 is 0 Å². The summed E-state index contributed by atoms with van der Waals surface area (Å²) in [6.07, 6.45) is 3.34. The molecule has 0 aliphatic heterocycles. The van der Waals surface area contributed by atoms with Crippen LogP contribution in [0.25, 0.3) is 11.5 Å². The third-order valence-electron chi connectivity index (χ3n) is 2.90. The third kappa shape index (κ3) is 3.95. The molecule has 0 fully saturated rings. The lowest BCUT2D eigenvalue weighted by atomic mass is 10.2. The van der Waals surface area contributed by atoms with Crippen molar-refractivity contribution >= 4 is 27.6 Å². The first-order valence-corrected chi connectivity index (χ1v) is 9.27. The molecule has 8 heteroatoms. The largest absolute Gasteiger partial charge is 0.462 e. The Kier molecular flexibility index (Phi) is 5.50. The molecule has 0 radical (unpaired) electrons. The van der Waals surface area contributed by atoms with Crippen molar-refractivity contribution in [3.63, 3.8) is 0 Å². The van der Waals surface area contributed by atoms with Crippen molar-refractivity contribution in [2.75, 3.05) is 6.61 Å². The summed E-state index contributed by atoms with van der Waals surface area (Å²) in [6, 6.07) is 10.9. The van der Waals surface area contributed by atoms with Crippen molar-refractivity contribution in [2.45, 2.75) is 17.0 Å². The molecule has 0 aliphatic carbocycles. The summed E-state index contributed by atoms with van der Waals surface area (Å²) >= 11 is 0. The molecule has 0 amide bonds. The molecular formula is C16H13N3O3S2. The van der Waals surface area contributed by atoms with Crippen LogP contribution in [0.1, 0.15) is 17.3 Å². The fraction of sp³-hybridized carbons (Fsp3) is 0.125. The fourth-order valence-corrected chi connectivity index (χ4v) is 3.69. The summed E-state index contributed by atoms with van der Waals surface area (Å²) in [6.45, 7) is 2.11. The molecule has 2 heterocycles. The van der Waals surface area contributed by atoms with Gasteiger partial charge in [0, 0.05) is 28.1 Å². The average Bonchev–Trinajstić information content (AvgIpc) is 3.10. The number of esters is 1. The number of rotatable bonds is 6. The molecule has 24 heavy (non-hydrogen) atoms. The molecule has 0 saturated carbocycles. The number of carbonyl (C=O) groups excluding carboxylic acids is 1. The molecular weight excluding hydrogens is 346 g/mol. The Morgan fingerprint density at radius 3 is 2.83 bits per heavy atom. The van der Waals surface area contributed by atoms with Gasteiger partial charge in [-0.2, -0.15) is 0 Å². The lowest BCUT2D eigenvalue weighted by Crippen LogP contribution is -2.05. The maximum absolute atomic E-state index is 12.0.